The van der Waals surface area contributed by atoms with Crippen molar-refractivity contribution < 1.29 is 28.6 Å². The van der Waals surface area contributed by atoms with Crippen molar-refractivity contribution in [1.82, 2.24) is 0 Å². The third-order valence-electron chi connectivity index (χ3n) is 10.1. The van der Waals surface area contributed by atoms with Gasteiger partial charge in [0, 0.05) is 19.3 Å². The van der Waals surface area contributed by atoms with Crippen LogP contribution < -0.4 is 0 Å². The molecule has 60 heavy (non-hydrogen) atoms. The molecule has 6 nitrogen and oxygen atoms in total. The molecule has 0 spiro atoms. The molecule has 0 bridgehead atoms. The van der Waals surface area contributed by atoms with Crippen molar-refractivity contribution in [1.29, 1.82) is 0 Å². The van der Waals surface area contributed by atoms with Gasteiger partial charge >= 0.3 is 17.9 Å². The van der Waals surface area contributed by atoms with Gasteiger partial charge in [-0.25, -0.2) is 0 Å². The molecule has 0 aromatic heterocycles. The fourth-order valence-corrected chi connectivity index (χ4v) is 6.45. The van der Waals surface area contributed by atoms with Gasteiger partial charge in [0.25, 0.3) is 0 Å². The van der Waals surface area contributed by atoms with E-state index in [1.54, 1.807) is 0 Å². The normalized spacial score (nSPS) is 12.8. The number of hydrogen-bond donors (Lipinski definition) is 0. The summed E-state index contributed by atoms with van der Waals surface area (Å²) in [6.45, 7) is 6.37. The Bertz CT molecular complexity index is 1190. The van der Waals surface area contributed by atoms with Gasteiger partial charge in [0.2, 0.25) is 0 Å². The summed E-state index contributed by atoms with van der Waals surface area (Å²) in [6.07, 6.45) is 61.7. The molecule has 0 aliphatic rings. The van der Waals surface area contributed by atoms with E-state index in [4.69, 9.17) is 14.2 Å². The second-order valence-corrected chi connectivity index (χ2v) is 16.0. The van der Waals surface area contributed by atoms with Gasteiger partial charge in [0.1, 0.15) is 13.2 Å². The van der Waals surface area contributed by atoms with Crippen molar-refractivity contribution in [2.75, 3.05) is 13.2 Å². The maximum absolute atomic E-state index is 12.7. The number of esters is 3. The van der Waals surface area contributed by atoms with Gasteiger partial charge in [-0.3, -0.25) is 14.4 Å². The largest absolute Gasteiger partial charge is 0.462 e. The summed E-state index contributed by atoms with van der Waals surface area (Å²) in [5.41, 5.74) is 0. The maximum Gasteiger partial charge on any atom is 0.306 e. The topological polar surface area (TPSA) is 78.9 Å². The van der Waals surface area contributed by atoms with E-state index in [2.05, 4.69) is 106 Å². The Hall–Kier alpha value is -3.41. The van der Waals surface area contributed by atoms with Crippen molar-refractivity contribution in [3.63, 3.8) is 0 Å². The Morgan fingerprint density at radius 2 is 0.667 bits per heavy atom. The van der Waals surface area contributed by atoms with Crippen molar-refractivity contribution >= 4 is 17.9 Å². The van der Waals surface area contributed by atoms with Crippen LogP contribution in [0.4, 0.5) is 0 Å². The molecule has 0 aliphatic heterocycles. The Morgan fingerprint density at radius 1 is 0.350 bits per heavy atom. The maximum atomic E-state index is 12.7. The molecular formula is C54H90O6. The predicted octanol–water partition coefficient (Wildman–Crippen LogP) is 16.0. The average molecular weight is 835 g/mol. The minimum atomic E-state index is -0.804. The molecule has 0 heterocycles. The van der Waals surface area contributed by atoms with Crippen LogP contribution in [0.15, 0.2) is 85.1 Å². The lowest BCUT2D eigenvalue weighted by molar-refractivity contribution is -0.167. The molecule has 6 heteroatoms. The van der Waals surface area contributed by atoms with Crippen LogP contribution in [0.1, 0.15) is 220 Å². The first-order chi connectivity index (χ1) is 29.5. The highest BCUT2D eigenvalue weighted by Crippen LogP contribution is 2.13. The number of unbranched alkanes of at least 4 members (excludes halogenated alkanes) is 18. The van der Waals surface area contributed by atoms with Crippen LogP contribution in [0.3, 0.4) is 0 Å². The standard InChI is InChI=1S/C54H90O6/c1-4-7-10-13-16-18-20-22-24-26-27-29-30-32-34-36-38-41-44-47-53(56)59-50-51(49-58-52(55)46-43-40-15-12-9-6-3)60-54(57)48-45-42-39-37-35-33-31-28-25-23-21-19-17-14-11-8-5-2/h8,11,16-19,22-25,31,33,37,39,51H,4-7,9-10,12-15,20-21,26-30,32,34-36,38,40-50H2,1-3H3/b11-8-,18-16-,19-17-,24-22-,25-23-,33-31-,39-37-. The highest BCUT2D eigenvalue weighted by Gasteiger charge is 2.19. The summed E-state index contributed by atoms with van der Waals surface area (Å²) in [5, 5.41) is 0. The summed E-state index contributed by atoms with van der Waals surface area (Å²) in [4.78, 5) is 37.7. The Morgan fingerprint density at radius 3 is 1.10 bits per heavy atom. The fourth-order valence-electron chi connectivity index (χ4n) is 6.45. The van der Waals surface area contributed by atoms with Crippen LogP contribution in [0, 0.1) is 0 Å². The lowest BCUT2D eigenvalue weighted by atomic mass is 10.1. The Labute approximate surface area is 369 Å². The molecule has 1 atom stereocenters. The average Bonchev–Trinajstić information content (AvgIpc) is 3.24. The van der Waals surface area contributed by atoms with Crippen molar-refractivity contribution in [3.05, 3.63) is 85.1 Å². The van der Waals surface area contributed by atoms with E-state index >= 15 is 0 Å². The van der Waals surface area contributed by atoms with Gasteiger partial charge in [-0.1, -0.05) is 196 Å². The van der Waals surface area contributed by atoms with Crippen molar-refractivity contribution in [3.8, 4) is 0 Å². The number of hydrogen-bond acceptors (Lipinski definition) is 6. The first-order valence-electron chi connectivity index (χ1n) is 24.6. The molecule has 0 aromatic carbocycles. The molecule has 0 aliphatic carbocycles. The van der Waals surface area contributed by atoms with Gasteiger partial charge in [0.05, 0.1) is 0 Å². The van der Waals surface area contributed by atoms with E-state index in [0.717, 1.165) is 83.5 Å². The Balaban J connectivity index is 4.33. The monoisotopic (exact) mass is 835 g/mol. The SMILES string of the molecule is CC/C=C\C/C=C\C/C=C\C/C=C\C/C=C\CCCC(=O)OC(COC(=O)CCCCCCCC)COC(=O)CCCCCCCCCCC/C=C\C/C=C\CCCCC. The van der Waals surface area contributed by atoms with Gasteiger partial charge in [-0.2, -0.15) is 0 Å². The van der Waals surface area contributed by atoms with Gasteiger partial charge in [-0.05, 0) is 89.9 Å². The molecule has 0 N–H and O–H groups in total. The van der Waals surface area contributed by atoms with Crippen LogP contribution in [0.25, 0.3) is 0 Å². The van der Waals surface area contributed by atoms with Crippen molar-refractivity contribution in [2.24, 2.45) is 0 Å². The lowest BCUT2D eigenvalue weighted by Gasteiger charge is -2.18. The highest BCUT2D eigenvalue weighted by molar-refractivity contribution is 5.71. The molecule has 1 unspecified atom stereocenters. The van der Waals surface area contributed by atoms with E-state index < -0.39 is 6.10 Å². The van der Waals surface area contributed by atoms with Crippen LogP contribution in [0.2, 0.25) is 0 Å². The van der Waals surface area contributed by atoms with Crippen LogP contribution in [-0.4, -0.2) is 37.2 Å². The second kappa shape index (κ2) is 48.3. The number of carbonyl (C=O) groups excluding carboxylic acids is 3. The number of rotatable bonds is 43. The van der Waals surface area contributed by atoms with E-state index in [1.807, 2.05) is 0 Å². The van der Waals surface area contributed by atoms with E-state index in [-0.39, 0.29) is 37.5 Å². The second-order valence-electron chi connectivity index (χ2n) is 16.0. The first-order valence-corrected chi connectivity index (χ1v) is 24.6. The summed E-state index contributed by atoms with van der Waals surface area (Å²) >= 11 is 0. The molecule has 0 fully saturated rings. The first kappa shape index (κ1) is 56.6. The molecule has 342 valence electrons. The molecular weight excluding hydrogens is 745 g/mol. The lowest BCUT2D eigenvalue weighted by Crippen LogP contribution is -2.30. The summed E-state index contributed by atoms with van der Waals surface area (Å²) in [6, 6.07) is 0. The van der Waals surface area contributed by atoms with Gasteiger partial charge in [0.15, 0.2) is 6.10 Å². The zero-order valence-corrected chi connectivity index (χ0v) is 38.9. The van der Waals surface area contributed by atoms with Gasteiger partial charge in [-0.15, -0.1) is 0 Å². The van der Waals surface area contributed by atoms with Gasteiger partial charge < -0.3 is 14.2 Å². The van der Waals surface area contributed by atoms with E-state index in [1.165, 1.54) is 89.9 Å². The zero-order chi connectivity index (χ0) is 43.7. The van der Waals surface area contributed by atoms with E-state index in [0.29, 0.717) is 19.3 Å². The summed E-state index contributed by atoms with van der Waals surface area (Å²) in [5.74, 6) is -0.978. The number of carbonyl (C=O) groups is 3. The molecule has 0 saturated heterocycles. The highest BCUT2D eigenvalue weighted by atomic mass is 16.6. The fraction of sp³-hybridized carbons (Fsp3) is 0.685. The molecule has 0 saturated carbocycles. The van der Waals surface area contributed by atoms with Crippen LogP contribution in [-0.2, 0) is 28.6 Å². The third kappa shape index (κ3) is 45.7. The summed E-state index contributed by atoms with van der Waals surface area (Å²) in [7, 11) is 0. The molecule has 0 rings (SSSR count). The van der Waals surface area contributed by atoms with Crippen LogP contribution in [0.5, 0.6) is 0 Å². The van der Waals surface area contributed by atoms with E-state index in [9.17, 15) is 14.4 Å². The zero-order valence-electron chi connectivity index (χ0n) is 38.9. The quantitative estimate of drug-likeness (QED) is 0.0263. The number of ether oxygens (including phenoxy) is 3. The number of allylic oxidation sites excluding steroid dienone is 14. The minimum absolute atomic E-state index is 0.101. The Kier molecular flexibility index (Phi) is 45.5. The van der Waals surface area contributed by atoms with Crippen LogP contribution >= 0.6 is 0 Å². The minimum Gasteiger partial charge on any atom is -0.462 e. The smallest absolute Gasteiger partial charge is 0.306 e. The summed E-state index contributed by atoms with van der Waals surface area (Å²) < 4.78 is 16.6. The molecule has 0 aromatic rings. The third-order valence-corrected chi connectivity index (χ3v) is 10.1. The van der Waals surface area contributed by atoms with Crippen molar-refractivity contribution in [2.45, 2.75) is 226 Å². The molecule has 0 radical (unpaired) electrons. The molecule has 0 amide bonds. The predicted molar refractivity (Wildman–Crippen MR) is 256 cm³/mol.